The van der Waals surface area contributed by atoms with Gasteiger partial charge in [0.15, 0.2) is 0 Å². The van der Waals surface area contributed by atoms with E-state index in [1.807, 2.05) is 6.92 Å². The quantitative estimate of drug-likeness (QED) is 0.693. The van der Waals surface area contributed by atoms with E-state index >= 15 is 0 Å². The molecule has 0 saturated heterocycles. The summed E-state index contributed by atoms with van der Waals surface area (Å²) in [6.45, 7) is 3.92. The van der Waals surface area contributed by atoms with Crippen molar-refractivity contribution in [3.63, 3.8) is 0 Å². The second-order valence-electron chi connectivity index (χ2n) is 3.72. The van der Waals surface area contributed by atoms with Crippen LogP contribution in [0, 0.1) is 0 Å². The smallest absolute Gasteiger partial charge is 0.241 e. The van der Waals surface area contributed by atoms with Gasteiger partial charge in [-0.1, -0.05) is 6.92 Å². The number of carbonyl (C=O) groups is 1. The van der Waals surface area contributed by atoms with E-state index in [0.717, 1.165) is 0 Å². The first kappa shape index (κ1) is 11.6. The number of rotatable bonds is 5. The van der Waals surface area contributed by atoms with Crippen LogP contribution >= 0.6 is 0 Å². The maximum atomic E-state index is 11.4. The molecule has 1 heterocycles. The van der Waals surface area contributed by atoms with Crippen molar-refractivity contribution in [3.8, 4) is 0 Å². The Morgan fingerprint density at radius 1 is 1.67 bits per heavy atom. The molecule has 0 radical (unpaired) electrons. The molecule has 0 aliphatic carbocycles. The molecule has 1 aromatic rings. The molecule has 2 N–H and O–H groups in total. The molecule has 0 aliphatic heterocycles. The van der Waals surface area contributed by atoms with Gasteiger partial charge in [0.1, 0.15) is 19.2 Å². The van der Waals surface area contributed by atoms with Crippen molar-refractivity contribution in [2.24, 2.45) is 0 Å². The minimum absolute atomic E-state index is 0.125. The van der Waals surface area contributed by atoms with Crippen LogP contribution in [-0.4, -0.2) is 37.9 Å². The third-order valence-corrected chi connectivity index (χ3v) is 2.20. The van der Waals surface area contributed by atoms with E-state index in [0.29, 0.717) is 6.42 Å². The predicted molar refractivity (Wildman–Crippen MR) is 53.9 cm³/mol. The molecular weight excluding hydrogens is 196 g/mol. The summed E-state index contributed by atoms with van der Waals surface area (Å²) in [7, 11) is 0. The molecule has 1 unspecified atom stereocenters. The van der Waals surface area contributed by atoms with Gasteiger partial charge in [0.05, 0.1) is 5.60 Å². The molecule has 0 fully saturated rings. The van der Waals surface area contributed by atoms with Gasteiger partial charge in [-0.25, -0.2) is 9.67 Å². The van der Waals surface area contributed by atoms with Crippen molar-refractivity contribution >= 4 is 5.91 Å². The van der Waals surface area contributed by atoms with E-state index in [2.05, 4.69) is 15.4 Å². The SMILES string of the molecule is CCC(C)(O)CNC(=O)Cn1cncn1. The van der Waals surface area contributed by atoms with Gasteiger partial charge < -0.3 is 10.4 Å². The van der Waals surface area contributed by atoms with Crippen LogP contribution in [0.15, 0.2) is 12.7 Å². The van der Waals surface area contributed by atoms with Crippen LogP contribution < -0.4 is 5.32 Å². The largest absolute Gasteiger partial charge is 0.388 e. The van der Waals surface area contributed by atoms with Crippen LogP contribution in [0.2, 0.25) is 0 Å². The monoisotopic (exact) mass is 212 g/mol. The molecule has 0 saturated carbocycles. The number of carbonyl (C=O) groups excluding carboxylic acids is 1. The Bertz CT molecular complexity index is 308. The lowest BCUT2D eigenvalue weighted by Gasteiger charge is -2.21. The Morgan fingerprint density at radius 2 is 2.40 bits per heavy atom. The third-order valence-electron chi connectivity index (χ3n) is 2.20. The highest BCUT2D eigenvalue weighted by molar-refractivity contribution is 5.75. The van der Waals surface area contributed by atoms with E-state index in [1.165, 1.54) is 17.3 Å². The van der Waals surface area contributed by atoms with Crippen molar-refractivity contribution in [1.29, 1.82) is 0 Å². The first-order valence-electron chi connectivity index (χ1n) is 4.85. The van der Waals surface area contributed by atoms with E-state index in [9.17, 15) is 9.90 Å². The van der Waals surface area contributed by atoms with Crippen LogP contribution in [0.4, 0.5) is 0 Å². The second kappa shape index (κ2) is 4.88. The van der Waals surface area contributed by atoms with Gasteiger partial charge in [0.2, 0.25) is 5.91 Å². The standard InChI is InChI=1S/C9H16N4O2/c1-3-9(2,15)5-11-8(14)4-13-7-10-6-12-13/h6-7,15H,3-5H2,1-2H3,(H,11,14). The number of nitrogens with one attached hydrogen (secondary N) is 1. The Balaban J connectivity index is 2.31. The maximum Gasteiger partial charge on any atom is 0.241 e. The highest BCUT2D eigenvalue weighted by Crippen LogP contribution is 2.05. The summed E-state index contributed by atoms with van der Waals surface area (Å²) in [4.78, 5) is 15.1. The zero-order chi connectivity index (χ0) is 11.3. The van der Waals surface area contributed by atoms with E-state index in [1.54, 1.807) is 6.92 Å². The molecule has 84 valence electrons. The fourth-order valence-corrected chi connectivity index (χ4v) is 0.931. The number of hydrogen-bond acceptors (Lipinski definition) is 4. The summed E-state index contributed by atoms with van der Waals surface area (Å²) >= 11 is 0. The van der Waals surface area contributed by atoms with Gasteiger partial charge in [0.25, 0.3) is 0 Å². The molecule has 6 heteroatoms. The van der Waals surface area contributed by atoms with Crippen LogP contribution in [-0.2, 0) is 11.3 Å². The molecule has 6 nitrogen and oxygen atoms in total. The Morgan fingerprint density at radius 3 is 2.93 bits per heavy atom. The fraction of sp³-hybridized carbons (Fsp3) is 0.667. The minimum Gasteiger partial charge on any atom is -0.388 e. The van der Waals surface area contributed by atoms with Gasteiger partial charge in [-0.2, -0.15) is 5.10 Å². The molecule has 0 spiro atoms. The number of aliphatic hydroxyl groups is 1. The van der Waals surface area contributed by atoms with E-state index < -0.39 is 5.60 Å². The van der Waals surface area contributed by atoms with Gasteiger partial charge in [-0.3, -0.25) is 4.79 Å². The summed E-state index contributed by atoms with van der Waals surface area (Å²) in [5.74, 6) is -0.186. The third kappa shape index (κ3) is 4.07. The highest BCUT2D eigenvalue weighted by Gasteiger charge is 2.18. The number of hydrogen-bond donors (Lipinski definition) is 2. The van der Waals surface area contributed by atoms with Crippen molar-refractivity contribution < 1.29 is 9.90 Å². The summed E-state index contributed by atoms with van der Waals surface area (Å²) in [5, 5.41) is 16.1. The van der Waals surface area contributed by atoms with Gasteiger partial charge >= 0.3 is 0 Å². The topological polar surface area (TPSA) is 80.0 Å². The number of nitrogens with zero attached hydrogens (tertiary/aromatic N) is 3. The molecule has 0 aromatic carbocycles. The molecule has 1 amide bonds. The van der Waals surface area contributed by atoms with Gasteiger partial charge in [0, 0.05) is 6.54 Å². The average Bonchev–Trinajstić information content (AvgIpc) is 2.68. The fourth-order valence-electron chi connectivity index (χ4n) is 0.931. The molecular formula is C9H16N4O2. The maximum absolute atomic E-state index is 11.4. The predicted octanol–water partition coefficient (Wildman–Crippen LogP) is -0.445. The first-order chi connectivity index (χ1) is 7.03. The van der Waals surface area contributed by atoms with Gasteiger partial charge in [-0.05, 0) is 13.3 Å². The zero-order valence-corrected chi connectivity index (χ0v) is 8.97. The minimum atomic E-state index is -0.849. The van der Waals surface area contributed by atoms with Crippen molar-refractivity contribution in [2.75, 3.05) is 6.54 Å². The lowest BCUT2D eigenvalue weighted by molar-refractivity contribution is -0.123. The molecule has 1 aromatic heterocycles. The van der Waals surface area contributed by atoms with Crippen molar-refractivity contribution in [1.82, 2.24) is 20.1 Å². The first-order valence-corrected chi connectivity index (χ1v) is 4.85. The average molecular weight is 212 g/mol. The van der Waals surface area contributed by atoms with Crippen molar-refractivity contribution in [3.05, 3.63) is 12.7 Å². The van der Waals surface area contributed by atoms with E-state index in [4.69, 9.17) is 0 Å². The zero-order valence-electron chi connectivity index (χ0n) is 8.97. The summed E-state index contributed by atoms with van der Waals surface area (Å²) in [5.41, 5.74) is -0.849. The molecule has 0 aliphatic rings. The molecule has 1 rings (SSSR count). The van der Waals surface area contributed by atoms with Crippen LogP contribution in [0.5, 0.6) is 0 Å². The molecule has 1 atom stereocenters. The number of aromatic nitrogens is 3. The van der Waals surface area contributed by atoms with Crippen LogP contribution in [0.3, 0.4) is 0 Å². The molecule has 15 heavy (non-hydrogen) atoms. The molecule has 0 bridgehead atoms. The van der Waals surface area contributed by atoms with Gasteiger partial charge in [-0.15, -0.1) is 0 Å². The summed E-state index contributed by atoms with van der Waals surface area (Å²) in [6, 6.07) is 0. The highest BCUT2D eigenvalue weighted by atomic mass is 16.3. The van der Waals surface area contributed by atoms with E-state index in [-0.39, 0.29) is 19.0 Å². The Labute approximate surface area is 88.3 Å². The van der Waals surface area contributed by atoms with Crippen LogP contribution in [0.25, 0.3) is 0 Å². The number of amides is 1. The lowest BCUT2D eigenvalue weighted by atomic mass is 10.0. The summed E-state index contributed by atoms with van der Waals surface area (Å²) < 4.78 is 1.43. The Kier molecular flexibility index (Phi) is 3.79. The lowest BCUT2D eigenvalue weighted by Crippen LogP contribution is -2.41. The second-order valence-corrected chi connectivity index (χ2v) is 3.72. The normalized spacial score (nSPS) is 14.6. The summed E-state index contributed by atoms with van der Waals surface area (Å²) in [6.07, 6.45) is 3.43. The van der Waals surface area contributed by atoms with Crippen molar-refractivity contribution in [2.45, 2.75) is 32.4 Å². The van der Waals surface area contributed by atoms with Crippen LogP contribution in [0.1, 0.15) is 20.3 Å². The Hall–Kier alpha value is -1.43.